The van der Waals surface area contributed by atoms with Crippen molar-refractivity contribution in [2.45, 2.75) is 12.3 Å². The average Bonchev–Trinajstić information content (AvgIpc) is 2.53. The number of hydrogen-bond acceptors (Lipinski definition) is 3. The Hall–Kier alpha value is -1.85. The van der Waals surface area contributed by atoms with E-state index in [0.717, 1.165) is 17.4 Å². The molecule has 0 radical (unpaired) electrons. The summed E-state index contributed by atoms with van der Waals surface area (Å²) in [6.45, 7) is 0.125. The summed E-state index contributed by atoms with van der Waals surface area (Å²) in [5, 5.41) is 3.32. The molecule has 6 heteroatoms. The molecule has 0 saturated carbocycles. The lowest BCUT2D eigenvalue weighted by molar-refractivity contribution is -0.121. The van der Waals surface area contributed by atoms with Crippen molar-refractivity contribution >= 4 is 27.3 Å². The smallest absolute Gasteiger partial charge is 0.220 e. The lowest BCUT2D eigenvalue weighted by atomic mass is 9.88. The van der Waals surface area contributed by atoms with Gasteiger partial charge >= 0.3 is 0 Å². The number of halogens is 1. The van der Waals surface area contributed by atoms with E-state index in [4.69, 9.17) is 11.6 Å². The zero-order chi connectivity index (χ0) is 17.6. The first kappa shape index (κ1) is 18.5. The predicted molar refractivity (Wildman–Crippen MR) is 97.1 cm³/mol. The molecule has 2 aromatic carbocycles. The van der Waals surface area contributed by atoms with E-state index in [1.807, 2.05) is 42.5 Å². The normalized spacial score (nSPS) is 12.6. The molecule has 128 valence electrons. The van der Waals surface area contributed by atoms with E-state index in [0.29, 0.717) is 5.02 Å². The maximum atomic E-state index is 12.2. The van der Waals surface area contributed by atoms with E-state index in [2.05, 4.69) is 5.32 Å². The molecule has 1 amide bonds. The minimum Gasteiger partial charge on any atom is -0.355 e. The fourth-order valence-corrected chi connectivity index (χ4v) is 3.04. The van der Waals surface area contributed by atoms with Crippen LogP contribution in [0.4, 0.5) is 0 Å². The lowest BCUT2D eigenvalue weighted by Crippen LogP contribution is -2.30. The summed E-state index contributed by atoms with van der Waals surface area (Å²) in [5.41, 5.74) is 2.02. The summed E-state index contributed by atoms with van der Waals surface area (Å²) < 4.78 is 22.3. The van der Waals surface area contributed by atoms with E-state index < -0.39 is 9.84 Å². The van der Waals surface area contributed by atoms with Crippen molar-refractivity contribution in [3.8, 4) is 0 Å². The number of amides is 1. The van der Waals surface area contributed by atoms with Gasteiger partial charge in [-0.15, -0.1) is 0 Å². The molecule has 1 N–H and O–H groups in total. The van der Waals surface area contributed by atoms with Crippen LogP contribution in [0.5, 0.6) is 0 Å². The Morgan fingerprint density at radius 3 is 2.21 bits per heavy atom. The third-order valence-corrected chi connectivity index (χ3v) is 4.86. The third-order valence-electron chi connectivity index (χ3n) is 3.66. The SMILES string of the molecule is CS(=O)(=O)CCNC(=O)CC(c1ccccc1)c1ccc(Cl)cc1. The summed E-state index contributed by atoms with van der Waals surface area (Å²) in [4.78, 5) is 12.2. The van der Waals surface area contributed by atoms with E-state index in [1.165, 1.54) is 0 Å². The quantitative estimate of drug-likeness (QED) is 0.820. The van der Waals surface area contributed by atoms with Gasteiger partial charge in [-0.1, -0.05) is 54.1 Å². The van der Waals surface area contributed by atoms with E-state index in [1.54, 1.807) is 12.1 Å². The summed E-state index contributed by atoms with van der Waals surface area (Å²) >= 11 is 5.94. The second kappa shape index (κ2) is 8.31. The number of hydrogen-bond donors (Lipinski definition) is 1. The van der Waals surface area contributed by atoms with Gasteiger partial charge in [-0.05, 0) is 23.3 Å². The molecule has 1 atom stereocenters. The van der Waals surface area contributed by atoms with Crippen molar-refractivity contribution in [2.24, 2.45) is 0 Å². The molecule has 0 bridgehead atoms. The maximum Gasteiger partial charge on any atom is 0.220 e. The first-order valence-electron chi connectivity index (χ1n) is 7.60. The molecule has 24 heavy (non-hydrogen) atoms. The van der Waals surface area contributed by atoms with E-state index in [9.17, 15) is 13.2 Å². The molecular weight excluding hydrogens is 346 g/mol. The van der Waals surface area contributed by atoms with Gasteiger partial charge in [0.1, 0.15) is 9.84 Å². The number of carbonyl (C=O) groups is 1. The Bertz CT molecular complexity index is 774. The van der Waals surface area contributed by atoms with Gasteiger partial charge in [0.25, 0.3) is 0 Å². The highest BCUT2D eigenvalue weighted by Gasteiger charge is 2.18. The van der Waals surface area contributed by atoms with Crippen LogP contribution in [-0.4, -0.2) is 32.9 Å². The second-order valence-corrected chi connectivity index (χ2v) is 8.39. The number of carbonyl (C=O) groups excluding carboxylic acids is 1. The Labute approximate surface area is 147 Å². The summed E-state index contributed by atoms with van der Waals surface area (Å²) in [7, 11) is -3.09. The first-order chi connectivity index (χ1) is 11.3. The molecule has 0 aliphatic heterocycles. The molecule has 0 spiro atoms. The van der Waals surface area contributed by atoms with Gasteiger partial charge in [0.05, 0.1) is 5.75 Å². The molecule has 0 aliphatic rings. The van der Waals surface area contributed by atoms with Crippen LogP contribution in [0.1, 0.15) is 23.5 Å². The molecule has 1 unspecified atom stereocenters. The van der Waals surface area contributed by atoms with Gasteiger partial charge in [0.15, 0.2) is 0 Å². The van der Waals surface area contributed by atoms with E-state index >= 15 is 0 Å². The Morgan fingerprint density at radius 1 is 1.04 bits per heavy atom. The van der Waals surface area contributed by atoms with Crippen LogP contribution >= 0.6 is 11.6 Å². The van der Waals surface area contributed by atoms with Gasteiger partial charge in [0.2, 0.25) is 5.91 Å². The van der Waals surface area contributed by atoms with Crippen LogP contribution in [0.15, 0.2) is 54.6 Å². The van der Waals surface area contributed by atoms with Gasteiger partial charge in [0, 0.05) is 30.2 Å². The van der Waals surface area contributed by atoms with Crippen LogP contribution < -0.4 is 5.32 Å². The first-order valence-corrected chi connectivity index (χ1v) is 10.0. The van der Waals surface area contributed by atoms with Crippen LogP contribution in [0.25, 0.3) is 0 Å². The maximum absolute atomic E-state index is 12.2. The van der Waals surface area contributed by atoms with Crippen molar-refractivity contribution < 1.29 is 13.2 Å². The Balaban J connectivity index is 2.12. The number of benzene rings is 2. The zero-order valence-corrected chi connectivity index (χ0v) is 15.0. The molecule has 0 heterocycles. The minimum atomic E-state index is -3.09. The van der Waals surface area contributed by atoms with Gasteiger partial charge in [-0.25, -0.2) is 8.42 Å². The van der Waals surface area contributed by atoms with Gasteiger partial charge in [-0.2, -0.15) is 0 Å². The largest absolute Gasteiger partial charge is 0.355 e. The average molecular weight is 366 g/mol. The van der Waals surface area contributed by atoms with Crippen molar-refractivity contribution in [1.29, 1.82) is 0 Å². The van der Waals surface area contributed by atoms with Crippen LogP contribution in [0, 0.1) is 0 Å². The zero-order valence-electron chi connectivity index (χ0n) is 13.4. The highest BCUT2D eigenvalue weighted by atomic mass is 35.5. The Kier molecular flexibility index (Phi) is 6.40. The Morgan fingerprint density at radius 2 is 1.62 bits per heavy atom. The van der Waals surface area contributed by atoms with Crippen molar-refractivity contribution in [1.82, 2.24) is 5.32 Å². The number of nitrogens with one attached hydrogen (secondary N) is 1. The van der Waals surface area contributed by atoms with Crippen molar-refractivity contribution in [3.63, 3.8) is 0 Å². The minimum absolute atomic E-state index is 0.0598. The summed E-state index contributed by atoms with van der Waals surface area (Å²) in [6, 6.07) is 17.1. The van der Waals surface area contributed by atoms with Gasteiger partial charge in [-0.3, -0.25) is 4.79 Å². The number of sulfone groups is 1. The van der Waals surface area contributed by atoms with Crippen molar-refractivity contribution in [2.75, 3.05) is 18.6 Å². The third kappa shape index (κ3) is 5.98. The predicted octanol–water partition coefficient (Wildman–Crippen LogP) is 3.02. The highest BCUT2D eigenvalue weighted by molar-refractivity contribution is 7.90. The molecule has 2 aromatic rings. The molecule has 0 fully saturated rings. The standard InChI is InChI=1S/C18H20ClNO3S/c1-24(22,23)12-11-20-18(21)13-17(14-5-3-2-4-6-14)15-7-9-16(19)10-8-15/h2-10,17H,11-13H2,1H3,(H,20,21). The topological polar surface area (TPSA) is 63.2 Å². The van der Waals surface area contributed by atoms with Gasteiger partial charge < -0.3 is 5.32 Å². The fourth-order valence-electron chi connectivity index (χ4n) is 2.44. The molecule has 2 rings (SSSR count). The fraction of sp³-hybridized carbons (Fsp3) is 0.278. The molecule has 0 saturated heterocycles. The molecule has 4 nitrogen and oxygen atoms in total. The second-order valence-electron chi connectivity index (χ2n) is 5.70. The lowest BCUT2D eigenvalue weighted by Gasteiger charge is -2.18. The monoisotopic (exact) mass is 365 g/mol. The molecule has 0 aromatic heterocycles. The number of rotatable bonds is 7. The van der Waals surface area contributed by atoms with Crippen LogP contribution in [-0.2, 0) is 14.6 Å². The summed E-state index contributed by atoms with van der Waals surface area (Å²) in [6.07, 6.45) is 1.40. The highest BCUT2D eigenvalue weighted by Crippen LogP contribution is 2.28. The van der Waals surface area contributed by atoms with Crippen molar-refractivity contribution in [3.05, 3.63) is 70.7 Å². The molecule has 0 aliphatic carbocycles. The van der Waals surface area contributed by atoms with Crippen LogP contribution in [0.2, 0.25) is 5.02 Å². The van der Waals surface area contributed by atoms with Crippen LogP contribution in [0.3, 0.4) is 0 Å². The summed E-state index contributed by atoms with van der Waals surface area (Å²) in [5.74, 6) is -0.348. The molecular formula is C18H20ClNO3S. The van der Waals surface area contributed by atoms with E-state index in [-0.39, 0.29) is 30.5 Å².